The van der Waals surface area contributed by atoms with Crippen molar-refractivity contribution in [3.63, 3.8) is 0 Å². The highest BCUT2D eigenvalue weighted by Crippen LogP contribution is 2.23. The van der Waals surface area contributed by atoms with Crippen LogP contribution in [0.2, 0.25) is 0 Å². The van der Waals surface area contributed by atoms with Crippen molar-refractivity contribution in [2.75, 3.05) is 11.1 Å². The van der Waals surface area contributed by atoms with Crippen molar-refractivity contribution >= 4 is 17.5 Å². The summed E-state index contributed by atoms with van der Waals surface area (Å²) in [6.45, 7) is 0. The number of nitrogens with zero attached hydrogens (tertiary/aromatic N) is 2. The molecule has 0 fully saturated rings. The molecule has 8 heteroatoms. The van der Waals surface area contributed by atoms with Crippen molar-refractivity contribution in [2.45, 2.75) is 0 Å². The summed E-state index contributed by atoms with van der Waals surface area (Å²) in [5.41, 5.74) is 4.62. The smallest absolute Gasteiger partial charge is 0.222 e. The molecular formula is C10H6F4N4. The van der Waals surface area contributed by atoms with Gasteiger partial charge >= 0.3 is 0 Å². The van der Waals surface area contributed by atoms with Crippen molar-refractivity contribution in [2.24, 2.45) is 0 Å². The molecule has 0 aliphatic heterocycles. The molecule has 0 atom stereocenters. The van der Waals surface area contributed by atoms with E-state index in [4.69, 9.17) is 5.73 Å². The SMILES string of the molecule is Nc1ncc(F)c(Nc2cc(F)cc(F)c2F)n1. The summed E-state index contributed by atoms with van der Waals surface area (Å²) >= 11 is 0. The maximum absolute atomic E-state index is 13.3. The minimum absolute atomic E-state index is 0.267. The Kier molecular flexibility index (Phi) is 3.00. The lowest BCUT2D eigenvalue weighted by molar-refractivity contribution is 0.498. The van der Waals surface area contributed by atoms with Crippen LogP contribution in [0.25, 0.3) is 0 Å². The Morgan fingerprint density at radius 2 is 1.78 bits per heavy atom. The number of benzene rings is 1. The molecule has 4 nitrogen and oxygen atoms in total. The molecule has 0 saturated heterocycles. The van der Waals surface area contributed by atoms with Crippen molar-refractivity contribution in [1.29, 1.82) is 0 Å². The molecule has 0 saturated carbocycles. The molecule has 0 aliphatic carbocycles. The number of nitrogen functional groups attached to an aromatic ring is 1. The van der Waals surface area contributed by atoms with E-state index in [9.17, 15) is 17.6 Å². The quantitative estimate of drug-likeness (QED) is 0.641. The lowest BCUT2D eigenvalue weighted by Crippen LogP contribution is -2.04. The van der Waals surface area contributed by atoms with Crippen molar-refractivity contribution in [3.05, 3.63) is 41.6 Å². The summed E-state index contributed by atoms with van der Waals surface area (Å²) in [4.78, 5) is 6.79. The van der Waals surface area contributed by atoms with Crippen LogP contribution in [-0.2, 0) is 0 Å². The maximum Gasteiger partial charge on any atom is 0.222 e. The van der Waals surface area contributed by atoms with Crippen molar-refractivity contribution in [1.82, 2.24) is 9.97 Å². The van der Waals surface area contributed by atoms with Gasteiger partial charge in [-0.15, -0.1) is 0 Å². The van der Waals surface area contributed by atoms with Crippen LogP contribution in [0, 0.1) is 23.3 Å². The number of hydrogen-bond acceptors (Lipinski definition) is 4. The van der Waals surface area contributed by atoms with E-state index < -0.39 is 34.8 Å². The first kappa shape index (κ1) is 12.1. The van der Waals surface area contributed by atoms with Crippen LogP contribution in [-0.4, -0.2) is 9.97 Å². The van der Waals surface area contributed by atoms with Crippen LogP contribution in [0.4, 0.5) is 35.0 Å². The van der Waals surface area contributed by atoms with E-state index >= 15 is 0 Å². The second-order valence-corrected chi connectivity index (χ2v) is 3.30. The Hall–Kier alpha value is -2.38. The van der Waals surface area contributed by atoms with Gasteiger partial charge in [-0.25, -0.2) is 22.5 Å². The number of anilines is 3. The third kappa shape index (κ3) is 2.31. The highest BCUT2D eigenvalue weighted by atomic mass is 19.2. The average Bonchev–Trinajstić information content (AvgIpc) is 2.30. The number of rotatable bonds is 2. The van der Waals surface area contributed by atoms with Crippen LogP contribution < -0.4 is 11.1 Å². The molecule has 0 spiro atoms. The number of halogens is 4. The van der Waals surface area contributed by atoms with Gasteiger partial charge in [-0.05, 0) is 0 Å². The lowest BCUT2D eigenvalue weighted by Gasteiger charge is -2.08. The molecule has 18 heavy (non-hydrogen) atoms. The van der Waals surface area contributed by atoms with Crippen molar-refractivity contribution < 1.29 is 17.6 Å². The second kappa shape index (κ2) is 4.47. The standard InChI is InChI=1S/C10H6F4N4/c11-4-1-5(12)8(14)7(2-4)17-9-6(13)3-16-10(15)18-9/h1-3H,(H3,15,16,17,18). The zero-order chi connectivity index (χ0) is 13.3. The van der Waals surface area contributed by atoms with Gasteiger partial charge in [0.1, 0.15) is 5.82 Å². The Morgan fingerprint density at radius 3 is 2.50 bits per heavy atom. The van der Waals surface area contributed by atoms with Gasteiger partial charge in [-0.3, -0.25) is 0 Å². The lowest BCUT2D eigenvalue weighted by atomic mass is 10.3. The average molecular weight is 258 g/mol. The molecule has 0 aliphatic rings. The van der Waals surface area contributed by atoms with E-state index in [1.165, 1.54) is 0 Å². The fraction of sp³-hybridized carbons (Fsp3) is 0. The van der Waals surface area contributed by atoms with Gasteiger partial charge in [-0.2, -0.15) is 4.98 Å². The van der Waals surface area contributed by atoms with Gasteiger partial charge in [0.2, 0.25) is 5.95 Å². The Balaban J connectivity index is 2.43. The van der Waals surface area contributed by atoms with Gasteiger partial charge in [0.05, 0.1) is 11.9 Å². The van der Waals surface area contributed by atoms with E-state index in [1.807, 2.05) is 0 Å². The summed E-state index contributed by atoms with van der Waals surface area (Å²) in [5, 5.41) is 2.10. The zero-order valence-electron chi connectivity index (χ0n) is 8.72. The summed E-state index contributed by atoms with van der Waals surface area (Å²) in [6, 6.07) is 1.03. The molecule has 0 unspecified atom stereocenters. The van der Waals surface area contributed by atoms with Gasteiger partial charge in [-0.1, -0.05) is 0 Å². The first-order valence-corrected chi connectivity index (χ1v) is 4.67. The van der Waals surface area contributed by atoms with E-state index in [0.717, 1.165) is 6.20 Å². The summed E-state index contributed by atoms with van der Waals surface area (Å²) in [7, 11) is 0. The molecule has 94 valence electrons. The van der Waals surface area contributed by atoms with Crippen LogP contribution in [0.15, 0.2) is 18.3 Å². The maximum atomic E-state index is 13.3. The van der Waals surface area contributed by atoms with Crippen LogP contribution in [0.3, 0.4) is 0 Å². The van der Waals surface area contributed by atoms with Gasteiger partial charge in [0, 0.05) is 12.1 Å². The number of aromatic nitrogens is 2. The molecule has 1 heterocycles. The fourth-order valence-electron chi connectivity index (χ4n) is 1.24. The monoisotopic (exact) mass is 258 g/mol. The van der Waals surface area contributed by atoms with Crippen LogP contribution >= 0.6 is 0 Å². The topological polar surface area (TPSA) is 63.8 Å². The number of hydrogen-bond donors (Lipinski definition) is 2. The Labute approximate surface area is 98.5 Å². The first-order chi connectivity index (χ1) is 8.47. The zero-order valence-corrected chi connectivity index (χ0v) is 8.72. The second-order valence-electron chi connectivity index (χ2n) is 3.30. The van der Waals surface area contributed by atoms with Gasteiger partial charge in [0.25, 0.3) is 0 Å². The Bertz CT molecular complexity index is 603. The molecule has 2 rings (SSSR count). The summed E-state index contributed by atoms with van der Waals surface area (Å²) in [5.74, 6) is -5.46. The van der Waals surface area contributed by atoms with Gasteiger partial charge in [0.15, 0.2) is 23.3 Å². The van der Waals surface area contributed by atoms with Crippen LogP contribution in [0.1, 0.15) is 0 Å². The molecule has 3 N–H and O–H groups in total. The number of nitrogens with one attached hydrogen (secondary N) is 1. The molecule has 0 amide bonds. The third-order valence-electron chi connectivity index (χ3n) is 2.01. The molecule has 2 aromatic rings. The molecule has 0 bridgehead atoms. The molecular weight excluding hydrogens is 252 g/mol. The predicted octanol–water partition coefficient (Wildman–Crippen LogP) is 2.36. The minimum Gasteiger partial charge on any atom is -0.368 e. The largest absolute Gasteiger partial charge is 0.368 e. The highest BCUT2D eigenvalue weighted by Gasteiger charge is 2.14. The highest BCUT2D eigenvalue weighted by molar-refractivity contribution is 5.58. The minimum atomic E-state index is -1.40. The van der Waals surface area contributed by atoms with E-state index in [2.05, 4.69) is 15.3 Å². The molecule has 1 aromatic heterocycles. The first-order valence-electron chi connectivity index (χ1n) is 4.67. The predicted molar refractivity (Wildman–Crippen MR) is 56.0 cm³/mol. The summed E-state index contributed by atoms with van der Waals surface area (Å²) < 4.78 is 52.3. The van der Waals surface area contributed by atoms with E-state index in [1.54, 1.807) is 0 Å². The fourth-order valence-corrected chi connectivity index (χ4v) is 1.24. The van der Waals surface area contributed by atoms with E-state index in [-0.39, 0.29) is 5.95 Å². The number of nitrogens with two attached hydrogens (primary N) is 1. The third-order valence-corrected chi connectivity index (χ3v) is 2.01. The molecule has 1 aromatic carbocycles. The summed E-state index contributed by atoms with van der Waals surface area (Å²) in [6.07, 6.45) is 0.748. The van der Waals surface area contributed by atoms with Crippen LogP contribution in [0.5, 0.6) is 0 Å². The molecule has 0 radical (unpaired) electrons. The normalized spacial score (nSPS) is 10.4. The Morgan fingerprint density at radius 1 is 1.06 bits per heavy atom. The van der Waals surface area contributed by atoms with Gasteiger partial charge < -0.3 is 11.1 Å². The van der Waals surface area contributed by atoms with Crippen molar-refractivity contribution in [3.8, 4) is 0 Å². The van der Waals surface area contributed by atoms with E-state index in [0.29, 0.717) is 12.1 Å².